The molecule has 2 saturated carbocycles. The number of amides is 2. The molecule has 2 N–H and O–H groups in total. The van der Waals surface area contributed by atoms with Gasteiger partial charge in [0.25, 0.3) is 0 Å². The van der Waals surface area contributed by atoms with E-state index >= 15 is 0 Å². The third kappa shape index (κ3) is 2.83. The number of benzene rings is 1. The van der Waals surface area contributed by atoms with Crippen LogP contribution in [0, 0.1) is 17.3 Å². The van der Waals surface area contributed by atoms with Crippen molar-refractivity contribution in [1.82, 2.24) is 10.6 Å². The minimum Gasteiger partial charge on any atom is -0.354 e. The predicted octanol–water partition coefficient (Wildman–Crippen LogP) is 2.43. The second-order valence-corrected chi connectivity index (χ2v) is 7.91. The third-order valence-corrected chi connectivity index (χ3v) is 6.39. The monoisotopic (exact) mass is 326 g/mol. The smallest absolute Gasteiger partial charge is 0.227 e. The Balaban J connectivity index is 1.52. The van der Waals surface area contributed by atoms with Crippen molar-refractivity contribution in [2.45, 2.75) is 51.0 Å². The van der Waals surface area contributed by atoms with Crippen molar-refractivity contribution in [1.29, 1.82) is 0 Å². The number of rotatable bonds is 4. The molecule has 2 bridgehead atoms. The number of carbonyl (C=O) groups excluding carboxylic acids is 2. The van der Waals surface area contributed by atoms with Crippen LogP contribution in [0.4, 0.5) is 0 Å². The van der Waals surface area contributed by atoms with Crippen LogP contribution < -0.4 is 10.6 Å². The fourth-order valence-corrected chi connectivity index (χ4v) is 5.16. The van der Waals surface area contributed by atoms with Crippen LogP contribution in [-0.2, 0) is 16.0 Å². The van der Waals surface area contributed by atoms with Gasteiger partial charge in [-0.25, -0.2) is 0 Å². The van der Waals surface area contributed by atoms with Gasteiger partial charge in [0.05, 0.1) is 5.41 Å². The van der Waals surface area contributed by atoms with Crippen molar-refractivity contribution in [2.24, 2.45) is 17.3 Å². The first-order valence-electron chi connectivity index (χ1n) is 9.27. The first-order valence-corrected chi connectivity index (χ1v) is 9.27. The molecule has 0 spiro atoms. The summed E-state index contributed by atoms with van der Waals surface area (Å²) in [6, 6.07) is 10.5. The maximum atomic E-state index is 13.3. The van der Waals surface area contributed by atoms with Gasteiger partial charge in [-0.15, -0.1) is 0 Å². The number of piperidine rings is 1. The molecule has 4 heteroatoms. The minimum atomic E-state index is -0.244. The van der Waals surface area contributed by atoms with E-state index in [-0.39, 0.29) is 23.3 Å². The summed E-state index contributed by atoms with van der Waals surface area (Å²) in [6.45, 7) is 0.570. The van der Waals surface area contributed by atoms with Crippen LogP contribution in [0.1, 0.15) is 44.1 Å². The Morgan fingerprint density at radius 1 is 1.21 bits per heavy atom. The van der Waals surface area contributed by atoms with E-state index in [9.17, 15) is 9.59 Å². The SMILES string of the molecule is O=C1CC[C@@H](NC(=O)[C@]2(Cc3ccccc3)C[C@H]3CC[C@@H]2C3)CN1. The van der Waals surface area contributed by atoms with Crippen LogP contribution in [0.15, 0.2) is 30.3 Å². The highest BCUT2D eigenvalue weighted by molar-refractivity contribution is 5.85. The van der Waals surface area contributed by atoms with Gasteiger partial charge in [-0.3, -0.25) is 9.59 Å². The Labute approximate surface area is 143 Å². The molecule has 4 atom stereocenters. The first-order chi connectivity index (χ1) is 11.7. The molecule has 2 amide bonds. The molecule has 4 nitrogen and oxygen atoms in total. The van der Waals surface area contributed by atoms with E-state index in [4.69, 9.17) is 0 Å². The summed E-state index contributed by atoms with van der Waals surface area (Å²) in [5.74, 6) is 1.55. The largest absolute Gasteiger partial charge is 0.354 e. The van der Waals surface area contributed by atoms with Gasteiger partial charge >= 0.3 is 0 Å². The maximum Gasteiger partial charge on any atom is 0.227 e. The number of hydrogen-bond acceptors (Lipinski definition) is 2. The summed E-state index contributed by atoms with van der Waals surface area (Å²) in [5.41, 5.74) is 1.02. The van der Waals surface area contributed by atoms with E-state index in [1.165, 1.54) is 24.8 Å². The Morgan fingerprint density at radius 2 is 2.04 bits per heavy atom. The van der Waals surface area contributed by atoms with E-state index < -0.39 is 0 Å². The molecule has 4 rings (SSSR count). The molecule has 24 heavy (non-hydrogen) atoms. The molecule has 1 aliphatic heterocycles. The zero-order valence-electron chi connectivity index (χ0n) is 14.1. The van der Waals surface area contributed by atoms with E-state index in [0.717, 1.165) is 25.2 Å². The van der Waals surface area contributed by atoms with Gasteiger partial charge in [-0.1, -0.05) is 36.8 Å². The van der Waals surface area contributed by atoms with Crippen molar-refractivity contribution in [2.75, 3.05) is 6.54 Å². The third-order valence-electron chi connectivity index (χ3n) is 6.39. The summed E-state index contributed by atoms with van der Waals surface area (Å²) in [4.78, 5) is 24.6. The van der Waals surface area contributed by atoms with Crippen LogP contribution in [-0.4, -0.2) is 24.4 Å². The van der Waals surface area contributed by atoms with Crippen LogP contribution in [0.2, 0.25) is 0 Å². The topological polar surface area (TPSA) is 58.2 Å². The highest BCUT2D eigenvalue weighted by atomic mass is 16.2. The second-order valence-electron chi connectivity index (χ2n) is 7.91. The zero-order valence-corrected chi connectivity index (χ0v) is 14.1. The number of nitrogens with one attached hydrogen (secondary N) is 2. The quantitative estimate of drug-likeness (QED) is 0.893. The molecule has 1 saturated heterocycles. The lowest BCUT2D eigenvalue weighted by Gasteiger charge is -2.38. The van der Waals surface area contributed by atoms with E-state index in [2.05, 4.69) is 34.9 Å². The second kappa shape index (κ2) is 6.23. The van der Waals surface area contributed by atoms with E-state index in [1.54, 1.807) is 0 Å². The molecular formula is C20H26N2O2. The number of hydrogen-bond donors (Lipinski definition) is 2. The van der Waals surface area contributed by atoms with Crippen molar-refractivity contribution >= 4 is 11.8 Å². The lowest BCUT2D eigenvalue weighted by molar-refractivity contribution is -0.136. The van der Waals surface area contributed by atoms with Gasteiger partial charge in [0, 0.05) is 19.0 Å². The lowest BCUT2D eigenvalue weighted by Crippen LogP contribution is -2.54. The standard InChI is InChI=1S/C20H26N2O2/c23-18-9-8-17(13-21-18)22-19(24)20(11-14-4-2-1-3-5-14)12-15-6-7-16(20)10-15/h1-5,15-17H,6-13H2,(H,21,23)(H,22,24)/t15-,16+,17+,20+/m0/s1. The number of carbonyl (C=O) groups is 2. The van der Waals surface area contributed by atoms with E-state index in [1.807, 2.05) is 6.07 Å². The summed E-state index contributed by atoms with van der Waals surface area (Å²) >= 11 is 0. The predicted molar refractivity (Wildman–Crippen MR) is 92.2 cm³/mol. The minimum absolute atomic E-state index is 0.0852. The summed E-state index contributed by atoms with van der Waals surface area (Å²) in [6.07, 6.45) is 6.83. The first kappa shape index (κ1) is 15.7. The van der Waals surface area contributed by atoms with Gasteiger partial charge < -0.3 is 10.6 Å². The molecule has 1 heterocycles. The summed E-state index contributed by atoms with van der Waals surface area (Å²) < 4.78 is 0. The Morgan fingerprint density at radius 3 is 2.67 bits per heavy atom. The van der Waals surface area contributed by atoms with Gasteiger partial charge in [0.15, 0.2) is 0 Å². The van der Waals surface area contributed by atoms with Crippen molar-refractivity contribution in [3.05, 3.63) is 35.9 Å². The Kier molecular flexibility index (Phi) is 4.07. The highest BCUT2D eigenvalue weighted by Gasteiger charge is 2.55. The number of fused-ring (bicyclic) bond motifs is 2. The molecule has 0 unspecified atom stereocenters. The fourth-order valence-electron chi connectivity index (χ4n) is 5.16. The van der Waals surface area contributed by atoms with Gasteiger partial charge in [-0.05, 0) is 49.5 Å². The zero-order chi connectivity index (χ0) is 16.6. The van der Waals surface area contributed by atoms with Crippen molar-refractivity contribution in [3.63, 3.8) is 0 Å². The molecular weight excluding hydrogens is 300 g/mol. The van der Waals surface area contributed by atoms with Gasteiger partial charge in [-0.2, -0.15) is 0 Å². The Hall–Kier alpha value is -1.84. The molecule has 1 aromatic rings. The van der Waals surface area contributed by atoms with Gasteiger partial charge in [0.2, 0.25) is 11.8 Å². The Bertz CT molecular complexity index is 620. The fraction of sp³-hybridized carbons (Fsp3) is 0.600. The van der Waals surface area contributed by atoms with Crippen LogP contribution in [0.3, 0.4) is 0 Å². The van der Waals surface area contributed by atoms with Crippen LogP contribution in [0.25, 0.3) is 0 Å². The molecule has 128 valence electrons. The molecule has 0 radical (unpaired) electrons. The van der Waals surface area contributed by atoms with E-state index in [0.29, 0.717) is 18.9 Å². The molecule has 0 aromatic heterocycles. The molecule has 2 aliphatic carbocycles. The van der Waals surface area contributed by atoms with Crippen molar-refractivity contribution < 1.29 is 9.59 Å². The summed E-state index contributed by atoms with van der Waals surface area (Å²) in [7, 11) is 0. The van der Waals surface area contributed by atoms with Crippen LogP contribution >= 0.6 is 0 Å². The normalized spacial score (nSPS) is 34.8. The maximum absolute atomic E-state index is 13.3. The lowest BCUT2D eigenvalue weighted by atomic mass is 9.68. The molecule has 3 aliphatic rings. The molecule has 1 aromatic carbocycles. The average Bonchev–Trinajstić information content (AvgIpc) is 3.19. The van der Waals surface area contributed by atoms with Crippen molar-refractivity contribution in [3.8, 4) is 0 Å². The van der Waals surface area contributed by atoms with Crippen LogP contribution in [0.5, 0.6) is 0 Å². The van der Waals surface area contributed by atoms with Gasteiger partial charge in [0.1, 0.15) is 0 Å². The highest BCUT2D eigenvalue weighted by Crippen LogP contribution is 2.57. The average molecular weight is 326 g/mol. The molecule has 3 fully saturated rings. The summed E-state index contributed by atoms with van der Waals surface area (Å²) in [5, 5.41) is 6.14.